The molecule has 0 unspecified atom stereocenters. The van der Waals surface area contributed by atoms with E-state index >= 15 is 0 Å². The van der Waals surface area contributed by atoms with Crippen LogP contribution in [0.2, 0.25) is 0 Å². The zero-order valence-electron chi connectivity index (χ0n) is 15.8. The highest BCUT2D eigenvalue weighted by molar-refractivity contribution is 7.17. The van der Waals surface area contributed by atoms with Crippen LogP contribution in [0.4, 0.5) is 5.00 Å². The van der Waals surface area contributed by atoms with Gasteiger partial charge in [0.05, 0.1) is 31.4 Å². The molecule has 2 heterocycles. The number of morpholine rings is 1. The molecule has 1 N–H and O–H groups in total. The topological polar surface area (TPSA) is 67.9 Å². The number of carbonyl (C=O) groups excluding carboxylic acids is 2. The number of rotatable bonds is 5. The molecule has 1 fully saturated rings. The molecule has 0 saturated carbocycles. The molecule has 1 aliphatic heterocycles. The van der Waals surface area contributed by atoms with Crippen molar-refractivity contribution in [3.05, 3.63) is 16.0 Å². The van der Waals surface area contributed by atoms with Crippen molar-refractivity contribution >= 4 is 28.2 Å². The maximum atomic E-state index is 12.8. The fourth-order valence-electron chi connectivity index (χ4n) is 3.60. The minimum atomic E-state index is -0.325. The maximum Gasteiger partial charge on any atom is 0.341 e. The number of esters is 1. The summed E-state index contributed by atoms with van der Waals surface area (Å²) in [5, 5.41) is 3.66. The van der Waals surface area contributed by atoms with Gasteiger partial charge in [0.1, 0.15) is 5.00 Å². The standard InChI is InChI=1S/C19H28N2O4S/c1-4-25-19(23)16-14-6-5-12(2)11-15(14)26-18(16)20-17(22)13(3)21-7-9-24-10-8-21/h12-13H,4-11H2,1-3H3,(H,20,22)/t12-,13+/m1/s1. The Bertz CT molecular complexity index is 667. The van der Waals surface area contributed by atoms with Gasteiger partial charge in [-0.2, -0.15) is 0 Å². The van der Waals surface area contributed by atoms with Crippen molar-refractivity contribution < 1.29 is 19.1 Å². The quantitative estimate of drug-likeness (QED) is 0.796. The second-order valence-corrected chi connectivity index (χ2v) is 8.20. The molecule has 1 saturated heterocycles. The molecule has 144 valence electrons. The average Bonchev–Trinajstić information content (AvgIpc) is 2.98. The van der Waals surface area contributed by atoms with Crippen LogP contribution in [0.1, 0.15) is 48.0 Å². The number of hydrogen-bond acceptors (Lipinski definition) is 6. The first-order valence-electron chi connectivity index (χ1n) is 9.45. The lowest BCUT2D eigenvalue weighted by molar-refractivity contribution is -0.122. The van der Waals surface area contributed by atoms with Crippen molar-refractivity contribution in [2.24, 2.45) is 5.92 Å². The first-order valence-corrected chi connectivity index (χ1v) is 10.3. The molecule has 0 bridgehead atoms. The van der Waals surface area contributed by atoms with Crippen LogP contribution in [-0.2, 0) is 27.1 Å². The van der Waals surface area contributed by atoms with E-state index in [0.29, 0.717) is 36.3 Å². The average molecular weight is 381 g/mol. The van der Waals surface area contributed by atoms with Crippen LogP contribution in [0.15, 0.2) is 0 Å². The van der Waals surface area contributed by atoms with Crippen LogP contribution >= 0.6 is 11.3 Å². The molecule has 1 aromatic heterocycles. The van der Waals surface area contributed by atoms with Gasteiger partial charge >= 0.3 is 5.97 Å². The van der Waals surface area contributed by atoms with E-state index in [9.17, 15) is 9.59 Å². The largest absolute Gasteiger partial charge is 0.462 e. The summed E-state index contributed by atoms with van der Waals surface area (Å²) in [7, 11) is 0. The van der Waals surface area contributed by atoms with E-state index in [1.54, 1.807) is 6.92 Å². The van der Waals surface area contributed by atoms with Gasteiger partial charge in [0, 0.05) is 18.0 Å². The van der Waals surface area contributed by atoms with E-state index in [4.69, 9.17) is 9.47 Å². The lowest BCUT2D eigenvalue weighted by Gasteiger charge is -2.31. The molecule has 0 aromatic carbocycles. The summed E-state index contributed by atoms with van der Waals surface area (Å²) in [4.78, 5) is 28.6. The highest BCUT2D eigenvalue weighted by atomic mass is 32.1. The van der Waals surface area contributed by atoms with Gasteiger partial charge in [-0.05, 0) is 44.6 Å². The van der Waals surface area contributed by atoms with Crippen molar-refractivity contribution in [3.8, 4) is 0 Å². The van der Waals surface area contributed by atoms with Gasteiger partial charge in [-0.25, -0.2) is 4.79 Å². The van der Waals surface area contributed by atoms with Crippen molar-refractivity contribution in [1.29, 1.82) is 0 Å². The number of carbonyl (C=O) groups is 2. The van der Waals surface area contributed by atoms with Gasteiger partial charge in [0.2, 0.25) is 5.91 Å². The molecule has 1 aromatic rings. The van der Waals surface area contributed by atoms with E-state index in [1.807, 2.05) is 6.92 Å². The Balaban J connectivity index is 1.81. The molecule has 0 radical (unpaired) electrons. The molecule has 26 heavy (non-hydrogen) atoms. The summed E-state index contributed by atoms with van der Waals surface area (Å²) < 4.78 is 10.6. The molecule has 6 nitrogen and oxygen atoms in total. The number of fused-ring (bicyclic) bond motifs is 1. The van der Waals surface area contributed by atoms with Gasteiger partial charge < -0.3 is 14.8 Å². The van der Waals surface area contributed by atoms with Crippen LogP contribution in [0, 0.1) is 5.92 Å². The summed E-state index contributed by atoms with van der Waals surface area (Å²) in [6.07, 6.45) is 2.89. The lowest BCUT2D eigenvalue weighted by atomic mass is 9.88. The monoisotopic (exact) mass is 380 g/mol. The van der Waals surface area contributed by atoms with Gasteiger partial charge in [0.25, 0.3) is 0 Å². The molecule has 1 aliphatic carbocycles. The predicted molar refractivity (Wildman–Crippen MR) is 102 cm³/mol. The van der Waals surface area contributed by atoms with Gasteiger partial charge in [-0.3, -0.25) is 9.69 Å². The zero-order valence-corrected chi connectivity index (χ0v) is 16.6. The molecular weight excluding hydrogens is 352 g/mol. The van der Waals surface area contributed by atoms with Crippen LogP contribution in [-0.4, -0.2) is 55.7 Å². The number of hydrogen-bond donors (Lipinski definition) is 1. The van der Waals surface area contributed by atoms with Crippen molar-refractivity contribution in [3.63, 3.8) is 0 Å². The first kappa shape index (κ1) is 19.3. The highest BCUT2D eigenvalue weighted by Crippen LogP contribution is 2.40. The molecule has 2 aliphatic rings. The Morgan fingerprint density at radius 1 is 1.38 bits per heavy atom. The molecule has 7 heteroatoms. The van der Waals surface area contributed by atoms with Crippen LogP contribution in [0.25, 0.3) is 0 Å². The second kappa shape index (κ2) is 8.50. The van der Waals surface area contributed by atoms with Crippen molar-refractivity contribution in [2.75, 3.05) is 38.2 Å². The summed E-state index contributed by atoms with van der Waals surface area (Å²) >= 11 is 1.54. The first-order chi connectivity index (χ1) is 12.5. The zero-order chi connectivity index (χ0) is 18.7. The smallest absolute Gasteiger partial charge is 0.341 e. The molecule has 2 atom stereocenters. The fourth-order valence-corrected chi connectivity index (χ4v) is 5.01. The van der Waals surface area contributed by atoms with E-state index < -0.39 is 0 Å². The summed E-state index contributed by atoms with van der Waals surface area (Å²) in [5.41, 5.74) is 1.64. The summed E-state index contributed by atoms with van der Waals surface area (Å²) in [5.74, 6) is 0.199. The Morgan fingerprint density at radius 2 is 2.12 bits per heavy atom. The van der Waals surface area contributed by atoms with Gasteiger partial charge in [-0.15, -0.1) is 11.3 Å². The van der Waals surface area contributed by atoms with Crippen LogP contribution in [0.3, 0.4) is 0 Å². The third-order valence-electron chi connectivity index (χ3n) is 5.20. The van der Waals surface area contributed by atoms with Gasteiger partial charge in [0.15, 0.2) is 0 Å². The minimum absolute atomic E-state index is 0.0795. The molecule has 1 amide bonds. The van der Waals surface area contributed by atoms with Crippen LogP contribution < -0.4 is 5.32 Å². The Kier molecular flexibility index (Phi) is 6.32. The number of nitrogens with one attached hydrogen (secondary N) is 1. The summed E-state index contributed by atoms with van der Waals surface area (Å²) in [6, 6.07) is -0.257. The molecule has 0 spiro atoms. The van der Waals surface area contributed by atoms with Gasteiger partial charge in [-0.1, -0.05) is 6.92 Å². The van der Waals surface area contributed by atoms with E-state index in [2.05, 4.69) is 17.1 Å². The Morgan fingerprint density at radius 3 is 2.81 bits per heavy atom. The normalized spacial score (nSPS) is 21.7. The third kappa shape index (κ3) is 4.10. The van der Waals surface area contributed by atoms with Crippen molar-refractivity contribution in [2.45, 2.75) is 46.1 Å². The van der Waals surface area contributed by atoms with E-state index in [1.165, 1.54) is 16.2 Å². The second-order valence-electron chi connectivity index (χ2n) is 7.09. The SMILES string of the molecule is CCOC(=O)c1c(NC(=O)[C@H](C)N2CCOCC2)sc2c1CC[C@@H](C)C2. The number of anilines is 1. The lowest BCUT2D eigenvalue weighted by Crippen LogP contribution is -2.47. The Labute approximate surface area is 158 Å². The maximum absolute atomic E-state index is 12.8. The summed E-state index contributed by atoms with van der Waals surface area (Å²) in [6.45, 7) is 9.06. The number of ether oxygens (including phenoxy) is 2. The third-order valence-corrected chi connectivity index (χ3v) is 6.37. The predicted octanol–water partition coefficient (Wildman–Crippen LogP) is 2.71. The van der Waals surface area contributed by atoms with Crippen molar-refractivity contribution in [1.82, 2.24) is 4.90 Å². The van der Waals surface area contributed by atoms with E-state index in [0.717, 1.165) is 37.9 Å². The number of nitrogens with zero attached hydrogens (tertiary/aromatic N) is 1. The molecule has 3 rings (SSSR count). The Hall–Kier alpha value is -1.44. The minimum Gasteiger partial charge on any atom is -0.462 e. The van der Waals surface area contributed by atoms with Crippen LogP contribution in [0.5, 0.6) is 0 Å². The number of thiophene rings is 1. The number of amides is 1. The fraction of sp³-hybridized carbons (Fsp3) is 0.684. The highest BCUT2D eigenvalue weighted by Gasteiger charge is 2.31. The van der Waals surface area contributed by atoms with E-state index in [-0.39, 0.29) is 17.9 Å². The molecular formula is C19H28N2O4S.